The number of thiophene rings is 1. The number of ether oxygens (including phenoxy) is 1. The minimum absolute atomic E-state index is 0.116. The first-order valence-corrected chi connectivity index (χ1v) is 6.44. The van der Waals surface area contributed by atoms with Gasteiger partial charge in [0.15, 0.2) is 0 Å². The molecular weight excluding hydrogens is 246 g/mol. The van der Waals surface area contributed by atoms with E-state index in [0.717, 1.165) is 5.00 Å². The van der Waals surface area contributed by atoms with E-state index in [1.54, 1.807) is 36.6 Å². The van der Waals surface area contributed by atoms with Crippen molar-refractivity contribution in [2.45, 2.75) is 13.8 Å². The molecule has 2 rings (SSSR count). The lowest BCUT2D eigenvalue weighted by molar-refractivity contribution is 0.102. The Morgan fingerprint density at radius 3 is 2.67 bits per heavy atom. The van der Waals surface area contributed by atoms with Crippen molar-refractivity contribution in [3.05, 3.63) is 46.3 Å². The third-order valence-electron chi connectivity index (χ3n) is 2.73. The number of aryl methyl sites for hydroxylation is 2. The van der Waals surface area contributed by atoms with Crippen LogP contribution in [0.15, 0.2) is 30.3 Å². The number of benzene rings is 1. The first kappa shape index (κ1) is 12.6. The van der Waals surface area contributed by atoms with Crippen LogP contribution in [0, 0.1) is 13.8 Å². The molecule has 18 heavy (non-hydrogen) atoms. The second-order valence-electron chi connectivity index (χ2n) is 4.04. The fourth-order valence-electron chi connectivity index (χ4n) is 1.58. The van der Waals surface area contributed by atoms with Crippen LogP contribution in [0.5, 0.6) is 5.75 Å². The van der Waals surface area contributed by atoms with Gasteiger partial charge in [0.2, 0.25) is 0 Å². The number of hydrogen-bond donors (Lipinski definition) is 1. The van der Waals surface area contributed by atoms with Crippen molar-refractivity contribution in [1.29, 1.82) is 0 Å². The van der Waals surface area contributed by atoms with E-state index in [2.05, 4.69) is 5.32 Å². The molecule has 0 spiro atoms. The molecule has 1 heterocycles. The molecule has 0 saturated heterocycles. The molecule has 0 saturated carbocycles. The molecule has 1 aromatic carbocycles. The quantitative estimate of drug-likeness (QED) is 0.916. The maximum absolute atomic E-state index is 12.0. The number of carbonyl (C=O) groups excluding carboxylic acids is 1. The van der Waals surface area contributed by atoms with Crippen LogP contribution in [0.25, 0.3) is 0 Å². The highest BCUT2D eigenvalue weighted by Gasteiger charge is 2.09. The lowest BCUT2D eigenvalue weighted by Crippen LogP contribution is -2.10. The lowest BCUT2D eigenvalue weighted by Gasteiger charge is -2.04. The van der Waals surface area contributed by atoms with Gasteiger partial charge in [-0.1, -0.05) is 6.07 Å². The predicted octanol–water partition coefficient (Wildman–Crippen LogP) is 3.63. The highest BCUT2D eigenvalue weighted by molar-refractivity contribution is 7.16. The monoisotopic (exact) mass is 261 g/mol. The standard InChI is InChI=1S/C14H15NO2S/c1-9-7-13(18-10(9)2)15-14(16)11-5-4-6-12(8-11)17-3/h4-8H,1-3H3,(H,15,16). The van der Waals surface area contributed by atoms with Crippen LogP contribution >= 0.6 is 11.3 Å². The predicted molar refractivity (Wildman–Crippen MR) is 74.7 cm³/mol. The minimum atomic E-state index is -0.116. The molecule has 1 amide bonds. The van der Waals surface area contributed by atoms with Gasteiger partial charge in [-0.2, -0.15) is 0 Å². The van der Waals surface area contributed by atoms with Crippen molar-refractivity contribution in [1.82, 2.24) is 0 Å². The first-order chi connectivity index (χ1) is 8.60. The fourth-order valence-corrected chi connectivity index (χ4v) is 2.51. The van der Waals surface area contributed by atoms with Crippen molar-refractivity contribution in [2.24, 2.45) is 0 Å². The van der Waals surface area contributed by atoms with E-state index >= 15 is 0 Å². The number of methoxy groups -OCH3 is 1. The first-order valence-electron chi connectivity index (χ1n) is 5.62. The van der Waals surface area contributed by atoms with Gasteiger partial charge in [0.1, 0.15) is 5.75 Å². The zero-order valence-corrected chi connectivity index (χ0v) is 11.4. The van der Waals surface area contributed by atoms with Crippen molar-refractivity contribution in [3.63, 3.8) is 0 Å². The number of rotatable bonds is 3. The topological polar surface area (TPSA) is 38.3 Å². The van der Waals surface area contributed by atoms with E-state index in [-0.39, 0.29) is 5.91 Å². The Morgan fingerprint density at radius 1 is 1.28 bits per heavy atom. The number of carbonyl (C=O) groups is 1. The number of nitrogens with one attached hydrogen (secondary N) is 1. The van der Waals surface area contributed by atoms with Crippen molar-refractivity contribution in [3.8, 4) is 5.75 Å². The highest BCUT2D eigenvalue weighted by Crippen LogP contribution is 2.26. The zero-order valence-electron chi connectivity index (χ0n) is 10.6. The summed E-state index contributed by atoms with van der Waals surface area (Å²) in [5, 5.41) is 3.77. The molecule has 94 valence electrons. The Bertz CT molecular complexity index is 555. The molecule has 0 unspecified atom stereocenters. The van der Waals surface area contributed by atoms with Gasteiger partial charge in [-0.05, 0) is 43.7 Å². The van der Waals surface area contributed by atoms with Crippen LogP contribution in [0.2, 0.25) is 0 Å². The molecule has 0 bridgehead atoms. The lowest BCUT2D eigenvalue weighted by atomic mass is 10.2. The average molecular weight is 261 g/mol. The van der Waals surface area contributed by atoms with Crippen molar-refractivity contribution in [2.75, 3.05) is 12.4 Å². The van der Waals surface area contributed by atoms with Crippen LogP contribution in [-0.2, 0) is 0 Å². The summed E-state index contributed by atoms with van der Waals surface area (Å²) in [6.45, 7) is 4.08. The summed E-state index contributed by atoms with van der Waals surface area (Å²) in [7, 11) is 1.59. The summed E-state index contributed by atoms with van der Waals surface area (Å²) in [4.78, 5) is 13.3. The average Bonchev–Trinajstić information content (AvgIpc) is 2.68. The molecule has 1 N–H and O–H groups in total. The molecule has 0 aliphatic carbocycles. The van der Waals surface area contributed by atoms with Crippen LogP contribution in [0.4, 0.5) is 5.00 Å². The third-order valence-corrected chi connectivity index (χ3v) is 3.80. The maximum Gasteiger partial charge on any atom is 0.256 e. The van der Waals surface area contributed by atoms with Gasteiger partial charge < -0.3 is 10.1 Å². The highest BCUT2D eigenvalue weighted by atomic mass is 32.1. The van der Waals surface area contributed by atoms with E-state index in [1.165, 1.54) is 10.4 Å². The third kappa shape index (κ3) is 2.71. The Balaban J connectivity index is 2.16. The molecule has 0 radical (unpaired) electrons. The second kappa shape index (κ2) is 5.23. The van der Waals surface area contributed by atoms with Crippen molar-refractivity contribution >= 4 is 22.2 Å². The largest absolute Gasteiger partial charge is 0.497 e. The van der Waals surface area contributed by atoms with E-state index in [9.17, 15) is 4.79 Å². The van der Waals surface area contributed by atoms with E-state index in [1.807, 2.05) is 26.0 Å². The Hall–Kier alpha value is -1.81. The summed E-state index contributed by atoms with van der Waals surface area (Å²) >= 11 is 1.58. The molecule has 1 aromatic heterocycles. The molecule has 3 nitrogen and oxygen atoms in total. The second-order valence-corrected chi connectivity index (χ2v) is 5.29. The molecule has 2 aromatic rings. The van der Waals surface area contributed by atoms with Crippen LogP contribution in [0.1, 0.15) is 20.8 Å². The van der Waals surface area contributed by atoms with Gasteiger partial charge in [-0.3, -0.25) is 4.79 Å². The van der Waals surface area contributed by atoms with Gasteiger partial charge in [0.25, 0.3) is 5.91 Å². The summed E-state index contributed by atoms with van der Waals surface area (Å²) in [5.74, 6) is 0.566. The Morgan fingerprint density at radius 2 is 2.06 bits per heavy atom. The fraction of sp³-hybridized carbons (Fsp3) is 0.214. The SMILES string of the molecule is COc1cccc(C(=O)Nc2cc(C)c(C)s2)c1. The smallest absolute Gasteiger partial charge is 0.256 e. The molecular formula is C14H15NO2S. The molecule has 0 aliphatic rings. The molecule has 0 fully saturated rings. The van der Waals surface area contributed by atoms with E-state index in [4.69, 9.17) is 4.74 Å². The van der Waals surface area contributed by atoms with Crippen LogP contribution in [-0.4, -0.2) is 13.0 Å². The summed E-state index contributed by atoms with van der Waals surface area (Å²) in [6.07, 6.45) is 0. The van der Waals surface area contributed by atoms with E-state index < -0.39 is 0 Å². The molecule has 0 aliphatic heterocycles. The summed E-state index contributed by atoms with van der Waals surface area (Å²) in [5.41, 5.74) is 1.79. The van der Waals surface area contributed by atoms with Gasteiger partial charge in [0.05, 0.1) is 12.1 Å². The summed E-state index contributed by atoms with van der Waals surface area (Å²) in [6, 6.07) is 9.10. The van der Waals surface area contributed by atoms with Gasteiger partial charge in [0, 0.05) is 10.4 Å². The molecule has 4 heteroatoms. The number of amides is 1. The minimum Gasteiger partial charge on any atom is -0.497 e. The van der Waals surface area contributed by atoms with Crippen LogP contribution in [0.3, 0.4) is 0 Å². The number of hydrogen-bond acceptors (Lipinski definition) is 3. The normalized spacial score (nSPS) is 10.2. The number of anilines is 1. The molecule has 0 atom stereocenters. The van der Waals surface area contributed by atoms with Gasteiger partial charge in [-0.25, -0.2) is 0 Å². The van der Waals surface area contributed by atoms with Crippen LogP contribution < -0.4 is 10.1 Å². The van der Waals surface area contributed by atoms with Gasteiger partial charge >= 0.3 is 0 Å². The zero-order chi connectivity index (χ0) is 13.1. The Labute approximate surface area is 110 Å². The maximum atomic E-state index is 12.0. The summed E-state index contributed by atoms with van der Waals surface area (Å²) < 4.78 is 5.10. The van der Waals surface area contributed by atoms with Crippen molar-refractivity contribution < 1.29 is 9.53 Å². The van der Waals surface area contributed by atoms with E-state index in [0.29, 0.717) is 11.3 Å². The van der Waals surface area contributed by atoms with Gasteiger partial charge in [-0.15, -0.1) is 11.3 Å². The Kier molecular flexibility index (Phi) is 3.67.